The molecule has 0 spiro atoms. The van der Waals surface area contributed by atoms with E-state index >= 15 is 0 Å². The number of carbonyl (C=O) groups excluding carboxylic acids is 2. The minimum atomic E-state index is -0.355. The molecule has 6 nitrogen and oxygen atoms in total. The summed E-state index contributed by atoms with van der Waals surface area (Å²) in [6.45, 7) is 0.597. The molecule has 33 heavy (non-hydrogen) atoms. The molecule has 7 heteroatoms. The number of benzene rings is 3. The fourth-order valence-electron chi connectivity index (χ4n) is 3.25. The van der Waals surface area contributed by atoms with E-state index in [-0.39, 0.29) is 30.9 Å². The van der Waals surface area contributed by atoms with Gasteiger partial charge in [0.1, 0.15) is 24.7 Å². The number of thioether (sulfide) groups is 1. The van der Waals surface area contributed by atoms with Crippen molar-refractivity contribution in [1.82, 2.24) is 4.90 Å². The zero-order valence-corrected chi connectivity index (χ0v) is 18.5. The third kappa shape index (κ3) is 5.43. The highest BCUT2D eigenvalue weighted by Crippen LogP contribution is 2.34. The van der Waals surface area contributed by atoms with Gasteiger partial charge in [-0.1, -0.05) is 54.6 Å². The number of hydrogen-bond acceptors (Lipinski definition) is 6. The molecule has 0 atom stereocenters. The molecule has 1 heterocycles. The van der Waals surface area contributed by atoms with Gasteiger partial charge in [0.15, 0.2) is 0 Å². The zero-order chi connectivity index (χ0) is 23.0. The molecule has 1 saturated heterocycles. The van der Waals surface area contributed by atoms with Gasteiger partial charge < -0.3 is 9.47 Å². The van der Waals surface area contributed by atoms with E-state index in [2.05, 4.69) is 6.07 Å². The number of imide groups is 1. The molecule has 0 aromatic heterocycles. The van der Waals surface area contributed by atoms with E-state index in [1.807, 2.05) is 60.7 Å². The van der Waals surface area contributed by atoms with Crippen molar-refractivity contribution < 1.29 is 19.1 Å². The summed E-state index contributed by atoms with van der Waals surface area (Å²) < 4.78 is 11.6. The first-order chi connectivity index (χ1) is 16.2. The Morgan fingerprint density at radius 3 is 2.45 bits per heavy atom. The van der Waals surface area contributed by atoms with Crippen molar-refractivity contribution in [3.63, 3.8) is 0 Å². The number of para-hydroxylation sites is 2. The predicted octanol–water partition coefficient (Wildman–Crippen LogP) is 5.25. The van der Waals surface area contributed by atoms with E-state index in [1.54, 1.807) is 24.3 Å². The van der Waals surface area contributed by atoms with Gasteiger partial charge in [0, 0.05) is 11.1 Å². The first-order valence-electron chi connectivity index (χ1n) is 10.3. The van der Waals surface area contributed by atoms with Gasteiger partial charge in [0.05, 0.1) is 23.1 Å². The molecular weight excluding hydrogens is 436 g/mol. The van der Waals surface area contributed by atoms with Crippen LogP contribution in [0.5, 0.6) is 11.5 Å². The molecule has 2 amide bonds. The third-order valence-corrected chi connectivity index (χ3v) is 5.83. The second kappa shape index (κ2) is 10.5. The van der Waals surface area contributed by atoms with E-state index in [9.17, 15) is 14.9 Å². The molecule has 1 fully saturated rings. The van der Waals surface area contributed by atoms with Crippen LogP contribution in [0.25, 0.3) is 6.08 Å². The van der Waals surface area contributed by atoms with Crippen LogP contribution in [-0.2, 0) is 11.4 Å². The number of rotatable bonds is 8. The van der Waals surface area contributed by atoms with Gasteiger partial charge >= 0.3 is 0 Å². The average Bonchev–Trinajstić information content (AvgIpc) is 3.11. The van der Waals surface area contributed by atoms with Crippen molar-refractivity contribution >= 4 is 29.0 Å². The van der Waals surface area contributed by atoms with E-state index in [0.717, 1.165) is 17.3 Å². The molecule has 0 saturated carbocycles. The highest BCUT2D eigenvalue weighted by Gasteiger charge is 2.35. The van der Waals surface area contributed by atoms with Crippen LogP contribution in [0.1, 0.15) is 16.7 Å². The SMILES string of the molecule is N#Cc1ccccc1COc1ccccc1/C=C1\SC(=O)N(CCOc2ccccc2)C1=O. The van der Waals surface area contributed by atoms with Crippen LogP contribution < -0.4 is 9.47 Å². The molecule has 0 bridgehead atoms. The number of amides is 2. The fraction of sp³-hybridized carbons (Fsp3) is 0.115. The summed E-state index contributed by atoms with van der Waals surface area (Å²) in [6, 6.07) is 25.9. The summed E-state index contributed by atoms with van der Waals surface area (Å²) in [4.78, 5) is 26.7. The Morgan fingerprint density at radius 2 is 1.64 bits per heavy atom. The quantitative estimate of drug-likeness (QED) is 0.431. The number of ether oxygens (including phenoxy) is 2. The number of carbonyl (C=O) groups is 2. The largest absolute Gasteiger partial charge is 0.492 e. The highest BCUT2D eigenvalue weighted by atomic mass is 32.2. The Labute approximate surface area is 196 Å². The van der Waals surface area contributed by atoms with Gasteiger partial charge in [0.2, 0.25) is 0 Å². The molecule has 164 valence electrons. The van der Waals surface area contributed by atoms with Crippen LogP contribution in [0.2, 0.25) is 0 Å². The topological polar surface area (TPSA) is 79.6 Å². The Hall–Kier alpha value is -4.02. The number of hydrogen-bond donors (Lipinski definition) is 0. The predicted molar refractivity (Wildman–Crippen MR) is 127 cm³/mol. The van der Waals surface area contributed by atoms with Crippen molar-refractivity contribution in [1.29, 1.82) is 5.26 Å². The smallest absolute Gasteiger partial charge is 0.293 e. The van der Waals surface area contributed by atoms with Crippen LogP contribution in [0, 0.1) is 11.3 Å². The van der Waals surface area contributed by atoms with Crippen molar-refractivity contribution in [3.05, 3.63) is 100 Å². The lowest BCUT2D eigenvalue weighted by Gasteiger charge is -2.13. The van der Waals surface area contributed by atoms with Gasteiger partial charge in [-0.2, -0.15) is 5.26 Å². The number of nitriles is 1. The van der Waals surface area contributed by atoms with Crippen LogP contribution in [-0.4, -0.2) is 29.2 Å². The lowest BCUT2D eigenvalue weighted by Crippen LogP contribution is -2.32. The lowest BCUT2D eigenvalue weighted by molar-refractivity contribution is -0.123. The van der Waals surface area contributed by atoms with Crippen LogP contribution in [0.3, 0.4) is 0 Å². The summed E-state index contributed by atoms with van der Waals surface area (Å²) in [5.74, 6) is 0.889. The zero-order valence-electron chi connectivity index (χ0n) is 17.6. The normalized spacial score (nSPS) is 14.4. The Balaban J connectivity index is 1.44. The maximum atomic E-state index is 12.8. The lowest BCUT2D eigenvalue weighted by atomic mass is 10.1. The molecule has 1 aliphatic heterocycles. The Bertz CT molecular complexity index is 1230. The molecule has 0 aliphatic carbocycles. The molecule has 3 aromatic carbocycles. The summed E-state index contributed by atoms with van der Waals surface area (Å²) in [5.41, 5.74) is 2.00. The number of nitrogens with zero attached hydrogens (tertiary/aromatic N) is 2. The highest BCUT2D eigenvalue weighted by molar-refractivity contribution is 8.18. The second-order valence-electron chi connectivity index (χ2n) is 7.09. The second-order valence-corrected chi connectivity index (χ2v) is 8.08. The van der Waals surface area contributed by atoms with Gasteiger partial charge in [0.25, 0.3) is 11.1 Å². The van der Waals surface area contributed by atoms with E-state index in [1.165, 1.54) is 4.90 Å². The molecule has 0 radical (unpaired) electrons. The molecule has 4 rings (SSSR count). The molecule has 0 N–H and O–H groups in total. The van der Waals surface area contributed by atoms with Crippen LogP contribution in [0.4, 0.5) is 4.79 Å². The summed E-state index contributed by atoms with van der Waals surface area (Å²) >= 11 is 0.896. The minimum Gasteiger partial charge on any atom is -0.492 e. The fourth-order valence-corrected chi connectivity index (χ4v) is 4.10. The maximum Gasteiger partial charge on any atom is 0.293 e. The minimum absolute atomic E-state index is 0.167. The van der Waals surface area contributed by atoms with Gasteiger partial charge in [-0.3, -0.25) is 14.5 Å². The van der Waals surface area contributed by atoms with Gasteiger partial charge in [-0.25, -0.2) is 0 Å². The van der Waals surface area contributed by atoms with Crippen LogP contribution >= 0.6 is 11.8 Å². The molecule has 0 unspecified atom stereocenters. The molecule has 3 aromatic rings. The molecular formula is C26H20N2O4S. The molecule has 1 aliphatic rings. The first kappa shape index (κ1) is 22.2. The van der Waals surface area contributed by atoms with Crippen molar-refractivity contribution in [2.45, 2.75) is 6.61 Å². The van der Waals surface area contributed by atoms with Gasteiger partial charge in [-0.05, 0) is 42.1 Å². The van der Waals surface area contributed by atoms with Crippen LogP contribution in [0.15, 0.2) is 83.8 Å². The maximum absolute atomic E-state index is 12.8. The van der Waals surface area contributed by atoms with Crippen molar-refractivity contribution in [3.8, 4) is 17.6 Å². The van der Waals surface area contributed by atoms with E-state index < -0.39 is 0 Å². The van der Waals surface area contributed by atoms with Crippen molar-refractivity contribution in [2.24, 2.45) is 0 Å². The third-order valence-electron chi connectivity index (χ3n) is 4.93. The first-order valence-corrected chi connectivity index (χ1v) is 11.1. The van der Waals surface area contributed by atoms with E-state index in [0.29, 0.717) is 27.5 Å². The average molecular weight is 457 g/mol. The summed E-state index contributed by atoms with van der Waals surface area (Å²) in [7, 11) is 0. The summed E-state index contributed by atoms with van der Waals surface area (Å²) in [5, 5.41) is 8.93. The Kier molecular flexibility index (Phi) is 7.08. The standard InChI is InChI=1S/C26H20N2O4S/c27-17-20-9-4-5-10-21(20)18-32-23-13-7-6-8-19(23)16-24-25(29)28(26(30)33-24)14-15-31-22-11-2-1-3-12-22/h1-13,16H,14-15,18H2/b24-16-. The monoisotopic (exact) mass is 456 g/mol. The van der Waals surface area contributed by atoms with Crippen molar-refractivity contribution in [2.75, 3.05) is 13.2 Å². The van der Waals surface area contributed by atoms with Gasteiger partial charge in [-0.15, -0.1) is 0 Å². The van der Waals surface area contributed by atoms with E-state index in [4.69, 9.17) is 9.47 Å². The Morgan fingerprint density at radius 1 is 0.909 bits per heavy atom. The summed E-state index contributed by atoms with van der Waals surface area (Å²) in [6.07, 6.45) is 1.66.